The smallest absolute Gasteiger partial charge is 0.310 e. The summed E-state index contributed by atoms with van der Waals surface area (Å²) in [5.74, 6) is -1.92. The second-order valence-corrected chi connectivity index (χ2v) is 5.38. The molecule has 0 spiro atoms. The monoisotopic (exact) mass is 370 g/mol. The molecule has 24 heavy (non-hydrogen) atoms. The number of rotatable bonds is 5. The third-order valence-electron chi connectivity index (χ3n) is 2.76. The van der Waals surface area contributed by atoms with Gasteiger partial charge in [-0.25, -0.2) is 0 Å². The lowest BCUT2D eigenvalue weighted by Gasteiger charge is -2.07. The number of nitrogens with one attached hydrogen (secondary N) is 2. The molecule has 0 atom stereocenters. The Hall–Kier alpha value is -2.51. The standard InChI is InChI=1S/C15H12Cl2N2O5/c16-10-4-3-9(6-11(10)17)7-14(21)24-8-13(20)18-19-15(22)12-2-1-5-23-12/h1-6H,7-8H2,(H,18,20)(H,19,22). The van der Waals surface area contributed by atoms with Crippen LogP contribution in [0.2, 0.25) is 10.0 Å². The van der Waals surface area contributed by atoms with Crippen LogP contribution in [0.4, 0.5) is 0 Å². The molecule has 0 fully saturated rings. The van der Waals surface area contributed by atoms with Crippen molar-refractivity contribution < 1.29 is 23.5 Å². The molecule has 0 bridgehead atoms. The number of carbonyl (C=O) groups is 3. The molecule has 0 aliphatic heterocycles. The molecule has 9 heteroatoms. The number of hydrogen-bond acceptors (Lipinski definition) is 5. The van der Waals surface area contributed by atoms with Gasteiger partial charge >= 0.3 is 11.9 Å². The van der Waals surface area contributed by atoms with E-state index in [4.69, 9.17) is 32.4 Å². The molecule has 0 aliphatic rings. The van der Waals surface area contributed by atoms with Crippen molar-refractivity contribution in [1.82, 2.24) is 10.9 Å². The lowest BCUT2D eigenvalue weighted by molar-refractivity contribution is -0.148. The number of halogens is 2. The Balaban J connectivity index is 1.72. The molecule has 0 saturated heterocycles. The SMILES string of the molecule is O=C(COC(=O)Cc1ccc(Cl)c(Cl)c1)NNC(=O)c1ccco1. The summed E-state index contributed by atoms with van der Waals surface area (Å²) in [4.78, 5) is 34.7. The van der Waals surface area contributed by atoms with Crippen molar-refractivity contribution in [3.8, 4) is 0 Å². The lowest BCUT2D eigenvalue weighted by Crippen LogP contribution is -2.43. The van der Waals surface area contributed by atoms with Crippen LogP contribution in [0.25, 0.3) is 0 Å². The summed E-state index contributed by atoms with van der Waals surface area (Å²) in [6.45, 7) is -0.543. The highest BCUT2D eigenvalue weighted by atomic mass is 35.5. The molecule has 0 radical (unpaired) electrons. The molecule has 0 saturated carbocycles. The quantitative estimate of drug-likeness (QED) is 0.620. The first-order valence-electron chi connectivity index (χ1n) is 6.68. The number of esters is 1. The van der Waals surface area contributed by atoms with E-state index in [1.54, 1.807) is 12.1 Å². The Kier molecular flexibility index (Phi) is 6.22. The van der Waals surface area contributed by atoms with Crippen LogP contribution in [0.1, 0.15) is 16.1 Å². The topological polar surface area (TPSA) is 97.6 Å². The van der Waals surface area contributed by atoms with E-state index >= 15 is 0 Å². The maximum absolute atomic E-state index is 11.7. The molecular formula is C15H12Cl2N2O5. The molecule has 126 valence electrons. The van der Waals surface area contributed by atoms with E-state index in [-0.39, 0.29) is 12.2 Å². The highest BCUT2D eigenvalue weighted by Gasteiger charge is 2.12. The molecule has 1 aromatic heterocycles. The number of hydrazine groups is 1. The zero-order valence-corrected chi connectivity index (χ0v) is 13.7. The molecule has 2 amide bonds. The minimum atomic E-state index is -0.697. The van der Waals surface area contributed by atoms with Crippen LogP contribution in [0.5, 0.6) is 0 Å². The van der Waals surface area contributed by atoms with Crippen LogP contribution in [0, 0.1) is 0 Å². The number of ether oxygens (including phenoxy) is 1. The summed E-state index contributed by atoms with van der Waals surface area (Å²) in [5, 5.41) is 0.695. The van der Waals surface area contributed by atoms with E-state index in [9.17, 15) is 14.4 Å². The van der Waals surface area contributed by atoms with Gasteiger partial charge < -0.3 is 9.15 Å². The Morgan fingerprint density at radius 1 is 1.08 bits per heavy atom. The Bertz CT molecular complexity index is 746. The first-order chi connectivity index (χ1) is 11.5. The van der Waals surface area contributed by atoms with Gasteiger partial charge in [-0.1, -0.05) is 29.3 Å². The molecular weight excluding hydrogens is 359 g/mol. The zero-order chi connectivity index (χ0) is 17.5. The van der Waals surface area contributed by atoms with Gasteiger partial charge in [-0.05, 0) is 29.8 Å². The summed E-state index contributed by atoms with van der Waals surface area (Å²) in [6.07, 6.45) is 1.25. The molecule has 1 aromatic carbocycles. The fourth-order valence-corrected chi connectivity index (χ4v) is 1.97. The van der Waals surface area contributed by atoms with Crippen molar-refractivity contribution >= 4 is 41.0 Å². The average Bonchev–Trinajstić information content (AvgIpc) is 3.08. The third-order valence-corrected chi connectivity index (χ3v) is 3.50. The van der Waals surface area contributed by atoms with E-state index in [1.165, 1.54) is 24.5 Å². The van der Waals surface area contributed by atoms with Crippen LogP contribution < -0.4 is 10.9 Å². The maximum Gasteiger partial charge on any atom is 0.310 e. The number of benzene rings is 1. The van der Waals surface area contributed by atoms with Gasteiger partial charge in [0.15, 0.2) is 12.4 Å². The Morgan fingerprint density at radius 2 is 1.88 bits per heavy atom. The minimum Gasteiger partial charge on any atom is -0.459 e. The Morgan fingerprint density at radius 3 is 2.54 bits per heavy atom. The van der Waals surface area contributed by atoms with Crippen LogP contribution >= 0.6 is 23.2 Å². The first kappa shape index (κ1) is 17.8. The van der Waals surface area contributed by atoms with Gasteiger partial charge in [0.2, 0.25) is 0 Å². The highest BCUT2D eigenvalue weighted by molar-refractivity contribution is 6.42. The predicted molar refractivity (Wildman–Crippen MR) is 85.4 cm³/mol. The van der Waals surface area contributed by atoms with Crippen molar-refractivity contribution in [2.75, 3.05) is 6.61 Å². The number of amides is 2. The van der Waals surface area contributed by atoms with Gasteiger partial charge in [0.05, 0.1) is 22.7 Å². The normalized spacial score (nSPS) is 10.1. The molecule has 2 rings (SSSR count). The molecule has 2 N–H and O–H groups in total. The van der Waals surface area contributed by atoms with Gasteiger partial charge in [0, 0.05) is 0 Å². The van der Waals surface area contributed by atoms with Crippen molar-refractivity contribution in [2.45, 2.75) is 6.42 Å². The van der Waals surface area contributed by atoms with Gasteiger partial charge in [0.25, 0.3) is 5.91 Å². The molecule has 7 nitrogen and oxygen atoms in total. The maximum atomic E-state index is 11.7. The van der Waals surface area contributed by atoms with Crippen molar-refractivity contribution in [2.24, 2.45) is 0 Å². The van der Waals surface area contributed by atoms with Crippen LogP contribution in [0.15, 0.2) is 41.0 Å². The van der Waals surface area contributed by atoms with Gasteiger partial charge in [-0.3, -0.25) is 25.2 Å². The second-order valence-electron chi connectivity index (χ2n) is 4.57. The van der Waals surface area contributed by atoms with Crippen molar-refractivity contribution in [1.29, 1.82) is 0 Å². The average molecular weight is 371 g/mol. The summed E-state index contributed by atoms with van der Waals surface area (Å²) < 4.78 is 9.64. The fraction of sp³-hybridized carbons (Fsp3) is 0.133. The van der Waals surface area contributed by atoms with Crippen molar-refractivity contribution in [3.05, 3.63) is 58.0 Å². The molecule has 0 aliphatic carbocycles. The lowest BCUT2D eigenvalue weighted by atomic mass is 10.1. The summed E-state index contributed by atoms with van der Waals surface area (Å²) in [6, 6.07) is 7.68. The van der Waals surface area contributed by atoms with E-state index in [0.717, 1.165) is 0 Å². The third kappa shape index (κ3) is 5.29. The van der Waals surface area contributed by atoms with E-state index in [2.05, 4.69) is 10.9 Å². The van der Waals surface area contributed by atoms with Gasteiger partial charge in [-0.15, -0.1) is 0 Å². The predicted octanol–water partition coefficient (Wildman–Crippen LogP) is 2.13. The summed E-state index contributed by atoms with van der Waals surface area (Å²) in [7, 11) is 0. The number of furan rings is 1. The fourth-order valence-electron chi connectivity index (χ4n) is 1.65. The van der Waals surface area contributed by atoms with E-state index < -0.39 is 24.4 Å². The van der Waals surface area contributed by atoms with E-state index in [0.29, 0.717) is 15.6 Å². The summed E-state index contributed by atoms with van der Waals surface area (Å²) >= 11 is 11.6. The van der Waals surface area contributed by atoms with Crippen molar-refractivity contribution in [3.63, 3.8) is 0 Å². The van der Waals surface area contributed by atoms with Crippen LogP contribution in [-0.4, -0.2) is 24.4 Å². The number of carbonyl (C=O) groups excluding carboxylic acids is 3. The van der Waals surface area contributed by atoms with Gasteiger partial charge in [-0.2, -0.15) is 0 Å². The Labute approximate surface area is 146 Å². The second kappa shape index (κ2) is 8.37. The minimum absolute atomic E-state index is 0.0342. The molecule has 0 unspecified atom stereocenters. The summed E-state index contributed by atoms with van der Waals surface area (Å²) in [5.41, 5.74) is 4.81. The van der Waals surface area contributed by atoms with Crippen LogP contribution in [0.3, 0.4) is 0 Å². The van der Waals surface area contributed by atoms with E-state index in [1.807, 2.05) is 0 Å². The van der Waals surface area contributed by atoms with Gasteiger partial charge in [0.1, 0.15) is 0 Å². The molecule has 1 heterocycles. The largest absolute Gasteiger partial charge is 0.459 e. The first-order valence-corrected chi connectivity index (χ1v) is 7.43. The molecule has 2 aromatic rings. The van der Waals surface area contributed by atoms with Crippen LogP contribution in [-0.2, 0) is 20.7 Å². The number of hydrogen-bond donors (Lipinski definition) is 2. The highest BCUT2D eigenvalue weighted by Crippen LogP contribution is 2.22. The zero-order valence-electron chi connectivity index (χ0n) is 12.2.